The van der Waals surface area contributed by atoms with Gasteiger partial charge in [0.05, 0.1) is 38.4 Å². The fourth-order valence-electron chi connectivity index (χ4n) is 5.09. The van der Waals surface area contributed by atoms with Crippen LogP contribution in [0.3, 0.4) is 0 Å². The number of hydrogen-bond donors (Lipinski definition) is 1. The molecule has 0 saturated carbocycles. The standard InChI is InChI=1S/C27H33N2O5/c1-31-24-5-4-18-14-23-21-16-26(34-13-12-28-9-7-20(30)8-10-28)25(32-2)15-19(21)6-11-29(23)17-22(18)27(24)33-3/h4-5,14-17,20,30H,6-13H2,1-3H3/q+1. The lowest BCUT2D eigenvalue weighted by Gasteiger charge is -2.29. The minimum Gasteiger partial charge on any atom is -0.493 e. The molecule has 0 bridgehead atoms. The maximum atomic E-state index is 9.72. The number of aromatic nitrogens is 1. The Morgan fingerprint density at radius 3 is 2.50 bits per heavy atom. The molecule has 0 unspecified atom stereocenters. The average Bonchev–Trinajstić information content (AvgIpc) is 2.87. The van der Waals surface area contributed by atoms with Crippen molar-refractivity contribution in [3.05, 3.63) is 42.1 Å². The molecule has 7 nitrogen and oxygen atoms in total. The first-order valence-corrected chi connectivity index (χ1v) is 11.9. The van der Waals surface area contributed by atoms with Crippen LogP contribution in [0, 0.1) is 0 Å². The molecule has 0 aliphatic carbocycles. The van der Waals surface area contributed by atoms with E-state index in [1.165, 1.54) is 11.1 Å². The zero-order valence-electron chi connectivity index (χ0n) is 20.2. The van der Waals surface area contributed by atoms with Gasteiger partial charge in [0.25, 0.3) is 0 Å². The van der Waals surface area contributed by atoms with Crippen molar-refractivity contribution in [3.63, 3.8) is 0 Å². The number of methoxy groups -OCH3 is 3. The molecule has 1 N–H and O–H groups in total. The first-order chi connectivity index (χ1) is 16.6. The van der Waals surface area contributed by atoms with Gasteiger partial charge in [0, 0.05) is 32.1 Å². The summed E-state index contributed by atoms with van der Waals surface area (Å²) in [6.45, 7) is 4.13. The van der Waals surface area contributed by atoms with Gasteiger partial charge in [-0.1, -0.05) is 0 Å². The van der Waals surface area contributed by atoms with Gasteiger partial charge in [0.1, 0.15) is 6.61 Å². The normalized spacial score (nSPS) is 16.1. The van der Waals surface area contributed by atoms with Crippen molar-refractivity contribution in [3.8, 4) is 34.3 Å². The van der Waals surface area contributed by atoms with Crippen LogP contribution < -0.4 is 23.5 Å². The lowest BCUT2D eigenvalue weighted by molar-refractivity contribution is -0.686. The largest absolute Gasteiger partial charge is 0.493 e. The molecule has 1 saturated heterocycles. The van der Waals surface area contributed by atoms with Crippen molar-refractivity contribution < 1.29 is 28.6 Å². The van der Waals surface area contributed by atoms with Crippen LogP contribution in [0.25, 0.3) is 22.0 Å². The third kappa shape index (κ3) is 4.26. The van der Waals surface area contributed by atoms with E-state index < -0.39 is 0 Å². The number of hydrogen-bond acceptors (Lipinski definition) is 6. The molecule has 3 heterocycles. The zero-order valence-corrected chi connectivity index (χ0v) is 20.2. The third-order valence-corrected chi connectivity index (χ3v) is 7.01. The number of nitrogens with zero attached hydrogens (tertiary/aromatic N) is 2. The summed E-state index contributed by atoms with van der Waals surface area (Å²) < 4.78 is 25.3. The van der Waals surface area contributed by atoms with E-state index in [0.29, 0.717) is 6.61 Å². The quantitative estimate of drug-likeness (QED) is 0.541. The molecule has 2 aliphatic rings. The van der Waals surface area contributed by atoms with Crippen LogP contribution in [0.1, 0.15) is 18.4 Å². The molecular weight excluding hydrogens is 432 g/mol. The van der Waals surface area contributed by atoms with Gasteiger partial charge >= 0.3 is 0 Å². The van der Waals surface area contributed by atoms with Crippen molar-refractivity contribution in [1.29, 1.82) is 0 Å². The Balaban J connectivity index is 1.45. The maximum absolute atomic E-state index is 9.72. The lowest BCUT2D eigenvalue weighted by atomic mass is 9.95. The van der Waals surface area contributed by atoms with E-state index in [2.05, 4.69) is 39.9 Å². The summed E-state index contributed by atoms with van der Waals surface area (Å²) in [5, 5.41) is 11.9. The van der Waals surface area contributed by atoms with Gasteiger partial charge in [-0.3, -0.25) is 4.90 Å². The minimum absolute atomic E-state index is 0.160. The SMILES string of the molecule is COc1cc2c(cc1OCCN1CCC(O)CC1)-c1cc3ccc(OC)c(OC)c3c[n+]1CC2. The number of pyridine rings is 1. The molecule has 180 valence electrons. The van der Waals surface area contributed by atoms with Gasteiger partial charge in [0.2, 0.25) is 5.69 Å². The van der Waals surface area contributed by atoms with Crippen molar-refractivity contribution >= 4 is 10.8 Å². The molecule has 1 fully saturated rings. The topological polar surface area (TPSA) is 64.3 Å². The van der Waals surface area contributed by atoms with E-state index in [0.717, 1.165) is 84.9 Å². The Labute approximate surface area is 200 Å². The second kappa shape index (κ2) is 9.68. The second-order valence-electron chi connectivity index (χ2n) is 8.99. The Morgan fingerprint density at radius 2 is 1.76 bits per heavy atom. The predicted octanol–water partition coefficient (Wildman–Crippen LogP) is 3.21. The van der Waals surface area contributed by atoms with Gasteiger partial charge in [0.15, 0.2) is 35.7 Å². The molecule has 3 aromatic rings. The van der Waals surface area contributed by atoms with Crippen LogP contribution in [0.2, 0.25) is 0 Å². The average molecular weight is 466 g/mol. The first kappa shape index (κ1) is 22.7. The van der Waals surface area contributed by atoms with Crippen molar-refractivity contribution in [2.24, 2.45) is 0 Å². The van der Waals surface area contributed by atoms with E-state index in [1.54, 1.807) is 21.3 Å². The molecule has 34 heavy (non-hydrogen) atoms. The Kier molecular flexibility index (Phi) is 6.48. The summed E-state index contributed by atoms with van der Waals surface area (Å²) in [4.78, 5) is 2.34. The first-order valence-electron chi connectivity index (χ1n) is 11.9. The number of likely N-dealkylation sites (tertiary alicyclic amines) is 1. The molecule has 5 rings (SSSR count). The molecule has 1 aromatic heterocycles. The number of benzene rings is 2. The van der Waals surface area contributed by atoms with Gasteiger partial charge in [-0.05, 0) is 48.1 Å². The molecule has 0 radical (unpaired) electrons. The fraction of sp³-hybridized carbons (Fsp3) is 0.444. The van der Waals surface area contributed by atoms with Crippen molar-refractivity contribution in [1.82, 2.24) is 4.90 Å². The summed E-state index contributed by atoms with van der Waals surface area (Å²) in [7, 11) is 5.03. The summed E-state index contributed by atoms with van der Waals surface area (Å²) in [5.74, 6) is 3.02. The number of aryl methyl sites for hydroxylation is 2. The molecule has 2 aromatic carbocycles. The molecule has 0 amide bonds. The lowest BCUT2D eigenvalue weighted by Crippen LogP contribution is -2.40. The Bertz CT molecular complexity index is 1190. The third-order valence-electron chi connectivity index (χ3n) is 7.01. The summed E-state index contributed by atoms with van der Waals surface area (Å²) in [5.41, 5.74) is 3.58. The number of fused-ring (bicyclic) bond motifs is 4. The Hall–Kier alpha value is -3.03. The highest BCUT2D eigenvalue weighted by atomic mass is 16.5. The van der Waals surface area contributed by atoms with Crippen LogP contribution in [-0.2, 0) is 13.0 Å². The van der Waals surface area contributed by atoms with E-state index in [9.17, 15) is 5.11 Å². The number of piperidine rings is 1. The highest BCUT2D eigenvalue weighted by Crippen LogP contribution is 2.40. The minimum atomic E-state index is -0.160. The van der Waals surface area contributed by atoms with E-state index >= 15 is 0 Å². The highest BCUT2D eigenvalue weighted by molar-refractivity contribution is 5.91. The fourth-order valence-corrected chi connectivity index (χ4v) is 5.09. The monoisotopic (exact) mass is 465 g/mol. The van der Waals surface area contributed by atoms with Crippen LogP contribution in [-0.4, -0.2) is 63.7 Å². The van der Waals surface area contributed by atoms with Crippen LogP contribution >= 0.6 is 0 Å². The van der Waals surface area contributed by atoms with E-state index in [1.807, 2.05) is 6.07 Å². The number of aliphatic hydroxyl groups is 1. The molecule has 0 atom stereocenters. The van der Waals surface area contributed by atoms with Crippen LogP contribution in [0.5, 0.6) is 23.0 Å². The zero-order chi connectivity index (χ0) is 23.7. The summed E-state index contributed by atoms with van der Waals surface area (Å²) in [6.07, 6.45) is 4.58. The Morgan fingerprint density at radius 1 is 0.971 bits per heavy atom. The molecular formula is C27H33N2O5+. The van der Waals surface area contributed by atoms with Gasteiger partial charge in [-0.15, -0.1) is 0 Å². The van der Waals surface area contributed by atoms with Gasteiger partial charge < -0.3 is 24.1 Å². The van der Waals surface area contributed by atoms with Crippen LogP contribution in [0.15, 0.2) is 36.5 Å². The number of aliphatic hydroxyl groups excluding tert-OH is 1. The highest BCUT2D eigenvalue weighted by Gasteiger charge is 2.27. The molecule has 7 heteroatoms. The van der Waals surface area contributed by atoms with Crippen LogP contribution in [0.4, 0.5) is 0 Å². The van der Waals surface area contributed by atoms with Crippen molar-refractivity contribution in [2.45, 2.75) is 31.9 Å². The van der Waals surface area contributed by atoms with Gasteiger partial charge in [-0.25, -0.2) is 0 Å². The van der Waals surface area contributed by atoms with Gasteiger partial charge in [-0.2, -0.15) is 4.57 Å². The predicted molar refractivity (Wildman–Crippen MR) is 130 cm³/mol. The second-order valence-corrected chi connectivity index (χ2v) is 8.99. The maximum Gasteiger partial charge on any atom is 0.213 e. The van der Waals surface area contributed by atoms with E-state index in [4.69, 9.17) is 18.9 Å². The number of ether oxygens (including phenoxy) is 4. The van der Waals surface area contributed by atoms with E-state index in [-0.39, 0.29) is 6.10 Å². The summed E-state index contributed by atoms with van der Waals surface area (Å²) in [6, 6.07) is 10.5. The van der Waals surface area contributed by atoms with Crippen molar-refractivity contribution in [2.75, 3.05) is 47.6 Å². The molecule has 0 spiro atoms. The molecule has 2 aliphatic heterocycles. The summed E-state index contributed by atoms with van der Waals surface area (Å²) >= 11 is 0. The number of rotatable bonds is 7. The smallest absolute Gasteiger partial charge is 0.213 e.